The summed E-state index contributed by atoms with van der Waals surface area (Å²) in [5.74, 6) is 0.566. The second-order valence-corrected chi connectivity index (χ2v) is 6.49. The summed E-state index contributed by atoms with van der Waals surface area (Å²) in [6.45, 7) is 8.37. The Morgan fingerprint density at radius 1 is 0.750 bits per heavy atom. The molecule has 2 nitrogen and oxygen atoms in total. The Morgan fingerprint density at radius 2 is 1.25 bits per heavy atom. The second-order valence-electron chi connectivity index (χ2n) is 6.49. The van der Waals surface area contributed by atoms with E-state index in [2.05, 4.69) is 20.8 Å². The summed E-state index contributed by atoms with van der Waals surface area (Å²) in [6.07, 6.45) is 14.8. The zero-order valence-electron chi connectivity index (χ0n) is 14.3. The topological polar surface area (TPSA) is 35.2 Å². The van der Waals surface area contributed by atoms with Gasteiger partial charge in [0, 0.05) is 19.3 Å². The molecule has 0 fully saturated rings. The highest BCUT2D eigenvalue weighted by Crippen LogP contribution is 2.10. The SMILES string of the molecule is CCCCCCCCCCCCOCCC(N)C(C)C. The Morgan fingerprint density at radius 3 is 1.75 bits per heavy atom. The van der Waals surface area contributed by atoms with Gasteiger partial charge in [0.15, 0.2) is 0 Å². The Hall–Kier alpha value is -0.0800. The van der Waals surface area contributed by atoms with Crippen LogP contribution in [0.4, 0.5) is 0 Å². The van der Waals surface area contributed by atoms with Crippen molar-refractivity contribution in [3.05, 3.63) is 0 Å². The molecule has 2 N–H and O–H groups in total. The number of ether oxygens (including phenoxy) is 1. The predicted molar refractivity (Wildman–Crippen MR) is 90.1 cm³/mol. The summed E-state index contributed by atoms with van der Waals surface area (Å²) in [4.78, 5) is 0. The zero-order chi connectivity index (χ0) is 15.1. The minimum atomic E-state index is 0.294. The fourth-order valence-corrected chi connectivity index (χ4v) is 2.35. The molecule has 0 aliphatic heterocycles. The predicted octanol–water partition coefficient (Wildman–Crippen LogP) is 5.30. The van der Waals surface area contributed by atoms with Crippen molar-refractivity contribution in [3.8, 4) is 0 Å². The molecule has 20 heavy (non-hydrogen) atoms. The van der Waals surface area contributed by atoms with Gasteiger partial charge in [-0.05, 0) is 18.8 Å². The molecule has 0 heterocycles. The van der Waals surface area contributed by atoms with Crippen LogP contribution in [0, 0.1) is 5.92 Å². The van der Waals surface area contributed by atoms with Crippen molar-refractivity contribution in [3.63, 3.8) is 0 Å². The van der Waals surface area contributed by atoms with E-state index >= 15 is 0 Å². The summed E-state index contributed by atoms with van der Waals surface area (Å²) in [5, 5.41) is 0. The maximum Gasteiger partial charge on any atom is 0.0480 e. The van der Waals surface area contributed by atoms with Gasteiger partial charge in [0.2, 0.25) is 0 Å². The molecule has 122 valence electrons. The van der Waals surface area contributed by atoms with E-state index in [0.717, 1.165) is 19.6 Å². The van der Waals surface area contributed by atoms with Crippen molar-refractivity contribution in [2.75, 3.05) is 13.2 Å². The van der Waals surface area contributed by atoms with Crippen LogP contribution in [0.5, 0.6) is 0 Å². The molecule has 0 aliphatic carbocycles. The van der Waals surface area contributed by atoms with Gasteiger partial charge >= 0.3 is 0 Å². The van der Waals surface area contributed by atoms with Crippen LogP contribution in [0.1, 0.15) is 91.4 Å². The van der Waals surface area contributed by atoms with E-state index in [0.29, 0.717) is 12.0 Å². The first kappa shape index (κ1) is 19.9. The normalized spacial score (nSPS) is 13.1. The molecule has 0 aliphatic rings. The van der Waals surface area contributed by atoms with Crippen LogP contribution in [0.3, 0.4) is 0 Å². The lowest BCUT2D eigenvalue weighted by Crippen LogP contribution is -2.27. The molecule has 0 aromatic carbocycles. The maximum absolute atomic E-state index is 5.98. The Labute approximate surface area is 127 Å². The molecular weight excluding hydrogens is 246 g/mol. The smallest absolute Gasteiger partial charge is 0.0480 e. The number of hydrogen-bond donors (Lipinski definition) is 1. The molecule has 0 spiro atoms. The average Bonchev–Trinajstić information content (AvgIpc) is 2.43. The van der Waals surface area contributed by atoms with Crippen molar-refractivity contribution in [1.82, 2.24) is 0 Å². The average molecular weight is 286 g/mol. The van der Waals surface area contributed by atoms with E-state index in [9.17, 15) is 0 Å². The Balaban J connectivity index is 3.03. The van der Waals surface area contributed by atoms with Gasteiger partial charge in [-0.15, -0.1) is 0 Å². The first-order valence-electron chi connectivity index (χ1n) is 9.01. The minimum Gasteiger partial charge on any atom is -0.381 e. The van der Waals surface area contributed by atoms with E-state index in [-0.39, 0.29) is 0 Å². The van der Waals surface area contributed by atoms with Crippen molar-refractivity contribution in [1.29, 1.82) is 0 Å². The maximum atomic E-state index is 5.98. The highest BCUT2D eigenvalue weighted by molar-refractivity contribution is 4.64. The zero-order valence-corrected chi connectivity index (χ0v) is 14.3. The van der Waals surface area contributed by atoms with Crippen LogP contribution in [-0.2, 0) is 4.74 Å². The van der Waals surface area contributed by atoms with Crippen LogP contribution in [-0.4, -0.2) is 19.3 Å². The molecule has 2 heteroatoms. The third-order valence-electron chi connectivity index (χ3n) is 4.09. The monoisotopic (exact) mass is 285 g/mol. The van der Waals surface area contributed by atoms with E-state index in [1.165, 1.54) is 64.2 Å². The van der Waals surface area contributed by atoms with E-state index in [1.807, 2.05) is 0 Å². The van der Waals surface area contributed by atoms with E-state index < -0.39 is 0 Å². The Bertz CT molecular complexity index is 182. The number of unbranched alkanes of at least 4 members (excludes halogenated alkanes) is 9. The molecule has 1 unspecified atom stereocenters. The quantitative estimate of drug-likeness (QED) is 0.414. The lowest BCUT2D eigenvalue weighted by Gasteiger charge is -2.15. The first-order chi connectivity index (χ1) is 9.68. The third-order valence-corrected chi connectivity index (χ3v) is 4.09. The summed E-state index contributed by atoms with van der Waals surface area (Å²) >= 11 is 0. The van der Waals surface area contributed by atoms with Crippen molar-refractivity contribution < 1.29 is 4.74 Å². The largest absolute Gasteiger partial charge is 0.381 e. The van der Waals surface area contributed by atoms with Gasteiger partial charge in [0.1, 0.15) is 0 Å². The minimum absolute atomic E-state index is 0.294. The molecule has 0 bridgehead atoms. The van der Waals surface area contributed by atoms with Gasteiger partial charge in [-0.1, -0.05) is 78.6 Å². The summed E-state index contributed by atoms with van der Waals surface area (Å²) in [7, 11) is 0. The number of hydrogen-bond acceptors (Lipinski definition) is 2. The third kappa shape index (κ3) is 14.3. The van der Waals surface area contributed by atoms with Gasteiger partial charge < -0.3 is 10.5 Å². The summed E-state index contributed by atoms with van der Waals surface area (Å²) < 4.78 is 5.65. The van der Waals surface area contributed by atoms with E-state index in [1.54, 1.807) is 0 Å². The number of nitrogens with two attached hydrogens (primary N) is 1. The van der Waals surface area contributed by atoms with Gasteiger partial charge in [-0.3, -0.25) is 0 Å². The molecule has 0 radical (unpaired) electrons. The molecule has 0 saturated heterocycles. The molecule has 0 aromatic heterocycles. The highest BCUT2D eigenvalue weighted by atomic mass is 16.5. The molecule has 0 aromatic rings. The van der Waals surface area contributed by atoms with Crippen LogP contribution in [0.25, 0.3) is 0 Å². The van der Waals surface area contributed by atoms with Gasteiger partial charge in [0.05, 0.1) is 0 Å². The summed E-state index contributed by atoms with van der Waals surface area (Å²) in [5.41, 5.74) is 5.98. The van der Waals surface area contributed by atoms with Gasteiger partial charge in [-0.25, -0.2) is 0 Å². The van der Waals surface area contributed by atoms with E-state index in [4.69, 9.17) is 10.5 Å². The Kier molecular flexibility index (Phi) is 15.3. The molecule has 0 saturated carbocycles. The van der Waals surface area contributed by atoms with Crippen molar-refractivity contribution in [2.45, 2.75) is 97.4 Å². The van der Waals surface area contributed by atoms with Crippen LogP contribution in [0.2, 0.25) is 0 Å². The fourth-order valence-electron chi connectivity index (χ4n) is 2.35. The standard InChI is InChI=1S/C18H39NO/c1-4-5-6-7-8-9-10-11-12-13-15-20-16-14-18(19)17(2)3/h17-18H,4-16,19H2,1-3H3. The van der Waals surface area contributed by atoms with Crippen molar-refractivity contribution in [2.24, 2.45) is 11.7 Å². The van der Waals surface area contributed by atoms with Gasteiger partial charge in [0.25, 0.3) is 0 Å². The molecule has 0 amide bonds. The van der Waals surface area contributed by atoms with Crippen molar-refractivity contribution >= 4 is 0 Å². The number of rotatable bonds is 15. The van der Waals surface area contributed by atoms with Gasteiger partial charge in [-0.2, -0.15) is 0 Å². The molecule has 1 atom stereocenters. The van der Waals surface area contributed by atoms with Crippen LogP contribution < -0.4 is 5.73 Å². The van der Waals surface area contributed by atoms with Crippen LogP contribution >= 0.6 is 0 Å². The summed E-state index contributed by atoms with van der Waals surface area (Å²) in [6, 6.07) is 0.294. The molecule has 0 rings (SSSR count). The molecular formula is C18H39NO. The highest BCUT2D eigenvalue weighted by Gasteiger charge is 2.06. The first-order valence-corrected chi connectivity index (χ1v) is 9.01. The van der Waals surface area contributed by atoms with Crippen LogP contribution in [0.15, 0.2) is 0 Å². The lowest BCUT2D eigenvalue weighted by molar-refractivity contribution is 0.119. The lowest BCUT2D eigenvalue weighted by atomic mass is 10.0. The second kappa shape index (κ2) is 15.3. The fraction of sp³-hybridized carbons (Fsp3) is 1.00.